The number of nitrogens with one attached hydrogen (secondary N) is 1. The molecule has 0 aliphatic carbocycles. The van der Waals surface area contributed by atoms with Crippen LogP contribution in [0.1, 0.15) is 35.8 Å². The molecule has 116 valence electrons. The van der Waals surface area contributed by atoms with Crippen LogP contribution in [0.15, 0.2) is 53.6 Å². The van der Waals surface area contributed by atoms with Gasteiger partial charge in [0.1, 0.15) is 0 Å². The van der Waals surface area contributed by atoms with E-state index in [1.807, 2.05) is 6.92 Å². The molecule has 0 saturated carbocycles. The summed E-state index contributed by atoms with van der Waals surface area (Å²) < 4.78 is 26.9. The Bertz CT molecular complexity index is 726. The quantitative estimate of drug-likeness (QED) is 0.796. The highest BCUT2D eigenvalue weighted by Gasteiger charge is 2.14. The van der Waals surface area contributed by atoms with Gasteiger partial charge in [-0.2, -0.15) is 0 Å². The molecule has 1 heterocycles. The second-order valence-corrected chi connectivity index (χ2v) is 6.61. The number of aromatic nitrogens is 1. The molecule has 0 amide bonds. The lowest BCUT2D eigenvalue weighted by Gasteiger charge is -2.07. The van der Waals surface area contributed by atoms with Crippen LogP contribution < -0.4 is 4.72 Å². The highest BCUT2D eigenvalue weighted by atomic mass is 32.2. The van der Waals surface area contributed by atoms with E-state index in [9.17, 15) is 13.2 Å². The van der Waals surface area contributed by atoms with E-state index in [2.05, 4.69) is 9.71 Å². The van der Waals surface area contributed by atoms with Crippen LogP contribution in [-0.4, -0.2) is 19.2 Å². The second kappa shape index (κ2) is 7.29. The molecule has 1 aromatic heterocycles. The summed E-state index contributed by atoms with van der Waals surface area (Å²) >= 11 is 0. The molecule has 0 unspecified atom stereocenters. The van der Waals surface area contributed by atoms with E-state index in [0.29, 0.717) is 17.7 Å². The van der Waals surface area contributed by atoms with Gasteiger partial charge >= 0.3 is 0 Å². The van der Waals surface area contributed by atoms with Crippen molar-refractivity contribution < 1.29 is 13.2 Å². The molecule has 5 nitrogen and oxygen atoms in total. The molecule has 1 N–H and O–H groups in total. The van der Waals surface area contributed by atoms with E-state index in [1.165, 1.54) is 12.1 Å². The largest absolute Gasteiger partial charge is 0.294 e. The van der Waals surface area contributed by atoms with Crippen molar-refractivity contribution >= 4 is 15.8 Å². The molecule has 0 spiro atoms. The highest BCUT2D eigenvalue weighted by Crippen LogP contribution is 2.13. The van der Waals surface area contributed by atoms with Crippen molar-refractivity contribution in [1.29, 1.82) is 0 Å². The van der Waals surface area contributed by atoms with Gasteiger partial charge in [0.2, 0.25) is 10.0 Å². The maximum atomic E-state index is 12.2. The van der Waals surface area contributed by atoms with Crippen molar-refractivity contribution in [2.45, 2.75) is 31.2 Å². The van der Waals surface area contributed by atoms with Crippen LogP contribution >= 0.6 is 0 Å². The summed E-state index contributed by atoms with van der Waals surface area (Å²) in [6.07, 6.45) is 2.84. The van der Waals surface area contributed by atoms with Gasteiger partial charge in [-0.05, 0) is 30.7 Å². The van der Waals surface area contributed by atoms with Crippen molar-refractivity contribution in [3.8, 4) is 0 Å². The zero-order valence-corrected chi connectivity index (χ0v) is 13.1. The first-order chi connectivity index (χ1) is 10.5. The lowest BCUT2D eigenvalue weighted by Crippen LogP contribution is -2.23. The van der Waals surface area contributed by atoms with E-state index in [-0.39, 0.29) is 17.2 Å². The molecule has 2 aromatic rings. The molecular formula is C16H18N2O3S. The third-order valence-electron chi connectivity index (χ3n) is 3.13. The predicted octanol–water partition coefficient (Wildman–Crippen LogP) is 2.54. The first-order valence-corrected chi connectivity index (χ1v) is 8.54. The van der Waals surface area contributed by atoms with Crippen LogP contribution in [0, 0.1) is 0 Å². The number of pyridine rings is 1. The molecule has 0 aliphatic heterocycles. The fourth-order valence-corrected chi connectivity index (χ4v) is 2.95. The fraction of sp³-hybridized carbons (Fsp3) is 0.250. The Kier molecular flexibility index (Phi) is 5.41. The monoisotopic (exact) mass is 318 g/mol. The maximum Gasteiger partial charge on any atom is 0.240 e. The van der Waals surface area contributed by atoms with E-state index in [1.54, 1.807) is 36.5 Å². The Balaban J connectivity index is 2.08. The summed E-state index contributed by atoms with van der Waals surface area (Å²) in [5.74, 6) is 0.0212. The molecule has 0 atom stereocenters. The topological polar surface area (TPSA) is 76.1 Å². The zero-order chi connectivity index (χ0) is 16.0. The summed E-state index contributed by atoms with van der Waals surface area (Å²) in [4.78, 5) is 15.9. The number of benzene rings is 1. The predicted molar refractivity (Wildman–Crippen MR) is 83.9 cm³/mol. The Hall–Kier alpha value is -2.05. The molecule has 6 heteroatoms. The van der Waals surface area contributed by atoms with Gasteiger partial charge in [-0.3, -0.25) is 9.78 Å². The molecule has 1 aromatic carbocycles. The summed E-state index contributed by atoms with van der Waals surface area (Å²) in [5, 5.41) is 0. The molecule has 0 aliphatic rings. The highest BCUT2D eigenvalue weighted by molar-refractivity contribution is 7.89. The van der Waals surface area contributed by atoms with E-state index in [0.717, 1.165) is 6.42 Å². The van der Waals surface area contributed by atoms with E-state index in [4.69, 9.17) is 0 Å². The van der Waals surface area contributed by atoms with Crippen molar-refractivity contribution in [2.75, 3.05) is 0 Å². The molecule has 0 saturated heterocycles. The third-order valence-corrected chi connectivity index (χ3v) is 4.55. The number of carbonyl (C=O) groups excluding carboxylic acids is 1. The Morgan fingerprint density at radius 2 is 1.86 bits per heavy atom. The molecule has 0 fully saturated rings. The Morgan fingerprint density at radius 3 is 2.45 bits per heavy atom. The van der Waals surface area contributed by atoms with Crippen molar-refractivity contribution in [3.63, 3.8) is 0 Å². The number of hydrogen-bond donors (Lipinski definition) is 1. The van der Waals surface area contributed by atoms with E-state index >= 15 is 0 Å². The second-order valence-electron chi connectivity index (χ2n) is 4.84. The number of Topliss-reactive ketones (excluding diaryl/α,β-unsaturated/α-hetero) is 1. The van der Waals surface area contributed by atoms with Gasteiger partial charge in [-0.15, -0.1) is 0 Å². The van der Waals surface area contributed by atoms with Gasteiger partial charge in [0.15, 0.2) is 5.78 Å². The van der Waals surface area contributed by atoms with Gasteiger partial charge in [0, 0.05) is 18.2 Å². The van der Waals surface area contributed by atoms with Crippen LogP contribution in [0.4, 0.5) is 0 Å². The molecule has 22 heavy (non-hydrogen) atoms. The third kappa shape index (κ3) is 4.22. The summed E-state index contributed by atoms with van der Waals surface area (Å²) in [6, 6.07) is 11.3. The van der Waals surface area contributed by atoms with Crippen molar-refractivity contribution in [2.24, 2.45) is 0 Å². The first kappa shape index (κ1) is 16.3. The van der Waals surface area contributed by atoms with E-state index < -0.39 is 10.0 Å². The molecule has 0 bridgehead atoms. The SMILES string of the molecule is CCCC(=O)c1ccc(S(=O)(=O)NCc2ccccn2)cc1. The standard InChI is InChI=1S/C16H18N2O3S/c1-2-5-16(19)13-7-9-15(10-8-13)22(20,21)18-12-14-6-3-4-11-17-14/h3-4,6-11,18H,2,5,12H2,1H3. The number of sulfonamides is 1. The number of ketones is 1. The first-order valence-electron chi connectivity index (χ1n) is 7.06. The Labute approximate surface area is 130 Å². The van der Waals surface area contributed by atoms with Gasteiger partial charge in [0.05, 0.1) is 17.1 Å². The fourth-order valence-electron chi connectivity index (χ4n) is 1.95. The lowest BCUT2D eigenvalue weighted by molar-refractivity contribution is 0.0981. The smallest absolute Gasteiger partial charge is 0.240 e. The average Bonchev–Trinajstić information content (AvgIpc) is 2.54. The van der Waals surface area contributed by atoms with Crippen molar-refractivity contribution in [1.82, 2.24) is 9.71 Å². The number of rotatable bonds is 7. The number of hydrogen-bond acceptors (Lipinski definition) is 4. The maximum absolute atomic E-state index is 12.2. The zero-order valence-electron chi connectivity index (χ0n) is 12.3. The Morgan fingerprint density at radius 1 is 1.14 bits per heavy atom. The molecule has 0 radical (unpaired) electrons. The van der Waals surface area contributed by atoms with Crippen LogP contribution in [0.2, 0.25) is 0 Å². The lowest BCUT2D eigenvalue weighted by atomic mass is 10.1. The van der Waals surface area contributed by atoms with Gasteiger partial charge in [-0.1, -0.05) is 25.1 Å². The van der Waals surface area contributed by atoms with Gasteiger partial charge in [0.25, 0.3) is 0 Å². The summed E-state index contributed by atoms with van der Waals surface area (Å²) in [5.41, 5.74) is 1.17. The van der Waals surface area contributed by atoms with Crippen molar-refractivity contribution in [3.05, 3.63) is 59.9 Å². The average molecular weight is 318 g/mol. The minimum absolute atomic E-state index is 0.0212. The molecule has 2 rings (SSSR count). The van der Waals surface area contributed by atoms with Crippen LogP contribution in [0.5, 0.6) is 0 Å². The van der Waals surface area contributed by atoms with Crippen LogP contribution in [0.25, 0.3) is 0 Å². The summed E-state index contributed by atoms with van der Waals surface area (Å²) in [6.45, 7) is 2.05. The van der Waals surface area contributed by atoms with Gasteiger partial charge in [-0.25, -0.2) is 13.1 Å². The normalized spacial score (nSPS) is 11.3. The summed E-state index contributed by atoms with van der Waals surface area (Å²) in [7, 11) is -3.61. The molecular weight excluding hydrogens is 300 g/mol. The minimum Gasteiger partial charge on any atom is -0.294 e. The number of nitrogens with zero attached hydrogens (tertiary/aromatic N) is 1. The van der Waals surface area contributed by atoms with Crippen LogP contribution in [-0.2, 0) is 16.6 Å². The minimum atomic E-state index is -3.61. The van der Waals surface area contributed by atoms with Crippen LogP contribution in [0.3, 0.4) is 0 Å². The number of carbonyl (C=O) groups is 1. The van der Waals surface area contributed by atoms with Gasteiger partial charge < -0.3 is 0 Å².